The number of nitrogens with one attached hydrogen (secondary N) is 1. The molecular weight excluding hydrogens is 374 g/mol. The quantitative estimate of drug-likeness (QED) is 0.554. The number of carbonyl (C=O) groups excluding carboxylic acids is 1. The lowest BCUT2D eigenvalue weighted by Gasteiger charge is -2.08. The summed E-state index contributed by atoms with van der Waals surface area (Å²) in [6.07, 6.45) is 1.59. The van der Waals surface area contributed by atoms with Crippen molar-refractivity contribution in [1.29, 1.82) is 0 Å². The summed E-state index contributed by atoms with van der Waals surface area (Å²) in [7, 11) is 0. The van der Waals surface area contributed by atoms with Crippen LogP contribution in [-0.2, 0) is 13.1 Å². The SMILES string of the molecule is CCn1c(CNC(=O)c2cnn(-c3ccc(Cl)cc3)c2C)nc2ccccc21. The molecule has 0 atom stereocenters. The fourth-order valence-corrected chi connectivity index (χ4v) is 3.47. The van der Waals surface area contributed by atoms with Crippen LogP contribution in [0.4, 0.5) is 0 Å². The summed E-state index contributed by atoms with van der Waals surface area (Å²) in [5, 5.41) is 7.98. The number of rotatable bonds is 5. The minimum Gasteiger partial charge on any atom is -0.345 e. The van der Waals surface area contributed by atoms with E-state index in [0.29, 0.717) is 17.1 Å². The van der Waals surface area contributed by atoms with Crippen LogP contribution in [0, 0.1) is 6.92 Å². The lowest BCUT2D eigenvalue weighted by Crippen LogP contribution is -2.25. The number of halogens is 1. The molecular formula is C21H20ClN5O. The minimum absolute atomic E-state index is 0.174. The Hall–Kier alpha value is -3.12. The molecule has 2 heterocycles. The van der Waals surface area contributed by atoms with Gasteiger partial charge in [0.15, 0.2) is 0 Å². The molecule has 0 aliphatic carbocycles. The Morgan fingerprint density at radius 3 is 2.64 bits per heavy atom. The number of hydrogen-bond acceptors (Lipinski definition) is 3. The van der Waals surface area contributed by atoms with E-state index in [4.69, 9.17) is 11.6 Å². The lowest BCUT2D eigenvalue weighted by molar-refractivity contribution is 0.0949. The van der Waals surface area contributed by atoms with Crippen LogP contribution in [0.2, 0.25) is 5.02 Å². The van der Waals surface area contributed by atoms with Crippen molar-refractivity contribution in [2.75, 3.05) is 0 Å². The van der Waals surface area contributed by atoms with Gasteiger partial charge >= 0.3 is 0 Å². The van der Waals surface area contributed by atoms with Crippen molar-refractivity contribution in [2.24, 2.45) is 0 Å². The maximum atomic E-state index is 12.7. The number of fused-ring (bicyclic) bond motifs is 1. The summed E-state index contributed by atoms with van der Waals surface area (Å²) in [6, 6.07) is 15.3. The molecule has 0 aliphatic rings. The second-order valence-electron chi connectivity index (χ2n) is 6.48. The van der Waals surface area contributed by atoms with Crippen LogP contribution < -0.4 is 5.32 Å². The van der Waals surface area contributed by atoms with Crippen molar-refractivity contribution in [3.05, 3.63) is 76.8 Å². The van der Waals surface area contributed by atoms with Crippen LogP contribution in [0.5, 0.6) is 0 Å². The first-order valence-electron chi connectivity index (χ1n) is 9.11. The third-order valence-electron chi connectivity index (χ3n) is 4.78. The topological polar surface area (TPSA) is 64.7 Å². The van der Waals surface area contributed by atoms with Crippen LogP contribution in [0.15, 0.2) is 54.7 Å². The number of amides is 1. The monoisotopic (exact) mass is 393 g/mol. The molecule has 0 fully saturated rings. The summed E-state index contributed by atoms with van der Waals surface area (Å²) in [5.41, 5.74) is 4.16. The third-order valence-corrected chi connectivity index (χ3v) is 5.03. The van der Waals surface area contributed by atoms with E-state index in [0.717, 1.165) is 34.8 Å². The maximum absolute atomic E-state index is 12.7. The highest BCUT2D eigenvalue weighted by atomic mass is 35.5. The molecule has 0 unspecified atom stereocenters. The standard InChI is InChI=1S/C21H20ClN5O/c1-3-26-19-7-5-4-6-18(19)25-20(26)13-23-21(28)17-12-24-27(14(17)2)16-10-8-15(22)9-11-16/h4-12H,3,13H2,1-2H3,(H,23,28). The smallest absolute Gasteiger partial charge is 0.255 e. The molecule has 2 aromatic heterocycles. The largest absolute Gasteiger partial charge is 0.345 e. The molecule has 0 bridgehead atoms. The van der Waals surface area contributed by atoms with Gasteiger partial charge in [-0.1, -0.05) is 23.7 Å². The Kier molecular flexibility index (Phi) is 4.88. The van der Waals surface area contributed by atoms with Crippen molar-refractivity contribution in [3.8, 4) is 5.69 Å². The highest BCUT2D eigenvalue weighted by molar-refractivity contribution is 6.30. The molecule has 0 saturated heterocycles. The first kappa shape index (κ1) is 18.3. The summed E-state index contributed by atoms with van der Waals surface area (Å²) >= 11 is 5.95. The molecule has 1 N–H and O–H groups in total. The van der Waals surface area contributed by atoms with E-state index in [1.165, 1.54) is 0 Å². The average molecular weight is 394 g/mol. The Morgan fingerprint density at radius 1 is 1.14 bits per heavy atom. The molecule has 1 amide bonds. The molecule has 6 nitrogen and oxygen atoms in total. The lowest BCUT2D eigenvalue weighted by atomic mass is 10.2. The number of carbonyl (C=O) groups is 1. The number of imidazole rings is 1. The van der Waals surface area contributed by atoms with E-state index in [2.05, 4.69) is 26.9 Å². The van der Waals surface area contributed by atoms with Crippen molar-refractivity contribution in [1.82, 2.24) is 24.6 Å². The van der Waals surface area contributed by atoms with Crippen molar-refractivity contribution < 1.29 is 4.79 Å². The van der Waals surface area contributed by atoms with Gasteiger partial charge in [-0.2, -0.15) is 5.10 Å². The molecule has 0 aliphatic heterocycles. The van der Waals surface area contributed by atoms with Gasteiger partial charge in [0.05, 0.1) is 40.7 Å². The normalized spacial score (nSPS) is 11.1. The summed E-state index contributed by atoms with van der Waals surface area (Å²) < 4.78 is 3.84. The van der Waals surface area contributed by atoms with Crippen molar-refractivity contribution >= 4 is 28.5 Å². The van der Waals surface area contributed by atoms with Gasteiger partial charge in [0.1, 0.15) is 5.82 Å². The second kappa shape index (κ2) is 7.48. The van der Waals surface area contributed by atoms with Crippen LogP contribution in [0.1, 0.15) is 28.8 Å². The van der Waals surface area contributed by atoms with Gasteiger partial charge in [-0.25, -0.2) is 9.67 Å². The number of nitrogens with zero attached hydrogens (tertiary/aromatic N) is 4. The average Bonchev–Trinajstić information content (AvgIpc) is 3.26. The van der Waals surface area contributed by atoms with Gasteiger partial charge < -0.3 is 9.88 Å². The third kappa shape index (κ3) is 3.27. The first-order chi connectivity index (χ1) is 13.6. The van der Waals surface area contributed by atoms with Gasteiger partial charge in [-0.15, -0.1) is 0 Å². The second-order valence-corrected chi connectivity index (χ2v) is 6.91. The van der Waals surface area contributed by atoms with Gasteiger partial charge in [0, 0.05) is 11.6 Å². The first-order valence-corrected chi connectivity index (χ1v) is 9.49. The predicted molar refractivity (Wildman–Crippen MR) is 110 cm³/mol. The number of hydrogen-bond donors (Lipinski definition) is 1. The molecule has 0 spiro atoms. The molecule has 0 saturated carbocycles. The van der Waals surface area contributed by atoms with E-state index >= 15 is 0 Å². The highest BCUT2D eigenvalue weighted by Gasteiger charge is 2.16. The Bertz CT molecular complexity index is 1140. The zero-order chi connectivity index (χ0) is 19.7. The number of para-hydroxylation sites is 2. The van der Waals surface area contributed by atoms with Crippen LogP contribution >= 0.6 is 11.6 Å². The zero-order valence-electron chi connectivity index (χ0n) is 15.7. The van der Waals surface area contributed by atoms with E-state index in [-0.39, 0.29) is 5.91 Å². The summed E-state index contributed by atoms with van der Waals surface area (Å²) in [5.74, 6) is 0.659. The van der Waals surface area contributed by atoms with Crippen LogP contribution in [0.3, 0.4) is 0 Å². The predicted octanol–water partition coefficient (Wildman–Crippen LogP) is 4.13. The van der Waals surface area contributed by atoms with E-state index in [1.807, 2.05) is 43.3 Å². The molecule has 4 aromatic rings. The van der Waals surface area contributed by atoms with Gasteiger partial charge in [-0.3, -0.25) is 4.79 Å². The molecule has 2 aromatic carbocycles. The van der Waals surface area contributed by atoms with E-state index < -0.39 is 0 Å². The van der Waals surface area contributed by atoms with E-state index in [1.54, 1.807) is 23.0 Å². The van der Waals surface area contributed by atoms with Gasteiger partial charge in [-0.05, 0) is 50.2 Å². The maximum Gasteiger partial charge on any atom is 0.255 e. The van der Waals surface area contributed by atoms with Crippen LogP contribution in [-0.4, -0.2) is 25.2 Å². The summed E-state index contributed by atoms with van der Waals surface area (Å²) in [6.45, 7) is 5.09. The Labute approximate surface area is 167 Å². The van der Waals surface area contributed by atoms with E-state index in [9.17, 15) is 4.79 Å². The highest BCUT2D eigenvalue weighted by Crippen LogP contribution is 2.18. The Balaban J connectivity index is 1.54. The fourth-order valence-electron chi connectivity index (χ4n) is 3.34. The molecule has 4 rings (SSSR count). The van der Waals surface area contributed by atoms with Gasteiger partial charge in [0.25, 0.3) is 5.91 Å². The molecule has 142 valence electrons. The van der Waals surface area contributed by atoms with Gasteiger partial charge in [0.2, 0.25) is 0 Å². The number of aromatic nitrogens is 4. The summed E-state index contributed by atoms with van der Waals surface area (Å²) in [4.78, 5) is 17.4. The van der Waals surface area contributed by atoms with Crippen molar-refractivity contribution in [2.45, 2.75) is 26.9 Å². The number of benzene rings is 2. The molecule has 0 radical (unpaired) electrons. The zero-order valence-corrected chi connectivity index (χ0v) is 16.4. The van der Waals surface area contributed by atoms with Crippen LogP contribution in [0.25, 0.3) is 16.7 Å². The molecule has 28 heavy (non-hydrogen) atoms. The van der Waals surface area contributed by atoms with Crippen molar-refractivity contribution in [3.63, 3.8) is 0 Å². The molecule has 7 heteroatoms. The minimum atomic E-state index is -0.174. The number of aryl methyl sites for hydroxylation is 1. The fraction of sp³-hybridized carbons (Fsp3) is 0.190. The Morgan fingerprint density at radius 2 is 1.89 bits per heavy atom.